The van der Waals surface area contributed by atoms with Crippen molar-refractivity contribution in [1.29, 1.82) is 5.26 Å². The van der Waals surface area contributed by atoms with E-state index in [2.05, 4.69) is 10.6 Å². The molecule has 0 saturated heterocycles. The minimum Gasteiger partial charge on any atom is -0.394 e. The Bertz CT molecular complexity index is 270. The van der Waals surface area contributed by atoms with Crippen molar-refractivity contribution in [3.63, 3.8) is 0 Å². The number of aliphatic hydroxyl groups excluding tert-OH is 1. The van der Waals surface area contributed by atoms with Gasteiger partial charge in [0, 0.05) is 0 Å². The molecular formula is C9H15N3O3. The Kier molecular flexibility index (Phi) is 6.06. The summed E-state index contributed by atoms with van der Waals surface area (Å²) < 4.78 is 0. The summed E-state index contributed by atoms with van der Waals surface area (Å²) in [5, 5.41) is 21.6. The topological polar surface area (TPSA) is 102 Å². The van der Waals surface area contributed by atoms with Gasteiger partial charge in [0.1, 0.15) is 6.54 Å². The second kappa shape index (κ2) is 6.79. The maximum Gasteiger partial charge on any atom is 0.310 e. The fourth-order valence-corrected chi connectivity index (χ4v) is 0.857. The maximum absolute atomic E-state index is 11.2. The number of aliphatic hydroxyl groups is 1. The first-order valence-corrected chi connectivity index (χ1v) is 4.59. The molecule has 1 atom stereocenters. The summed E-state index contributed by atoms with van der Waals surface area (Å²) in [7, 11) is 0. The van der Waals surface area contributed by atoms with E-state index in [1.54, 1.807) is 6.07 Å². The van der Waals surface area contributed by atoms with Gasteiger partial charge in [-0.2, -0.15) is 5.26 Å². The van der Waals surface area contributed by atoms with E-state index in [0.717, 1.165) is 0 Å². The third kappa shape index (κ3) is 4.98. The summed E-state index contributed by atoms with van der Waals surface area (Å²) in [4.78, 5) is 22.2. The SMILES string of the molecule is CC(C)[C@@H](CO)NC(=O)C(=O)NCC#N. The normalized spacial score (nSPS) is 11.7. The van der Waals surface area contributed by atoms with Crippen molar-refractivity contribution in [2.45, 2.75) is 19.9 Å². The molecule has 0 aromatic rings. The summed E-state index contributed by atoms with van der Waals surface area (Å²) in [6.07, 6.45) is 0. The lowest BCUT2D eigenvalue weighted by Gasteiger charge is -2.19. The fourth-order valence-electron chi connectivity index (χ4n) is 0.857. The number of nitriles is 1. The highest BCUT2D eigenvalue weighted by Crippen LogP contribution is 1.99. The molecule has 0 bridgehead atoms. The van der Waals surface area contributed by atoms with Crippen molar-refractivity contribution >= 4 is 11.8 Å². The Morgan fingerprint density at radius 2 is 2.00 bits per heavy atom. The first kappa shape index (κ1) is 13.4. The molecule has 0 rings (SSSR count). The Balaban J connectivity index is 4.11. The fraction of sp³-hybridized carbons (Fsp3) is 0.667. The summed E-state index contributed by atoms with van der Waals surface area (Å²) in [5.74, 6) is -1.67. The number of amides is 2. The van der Waals surface area contributed by atoms with Crippen LogP contribution < -0.4 is 10.6 Å². The van der Waals surface area contributed by atoms with Crippen molar-refractivity contribution in [1.82, 2.24) is 10.6 Å². The molecule has 6 heteroatoms. The maximum atomic E-state index is 11.2. The average molecular weight is 213 g/mol. The predicted octanol–water partition coefficient (Wildman–Crippen LogP) is -1.24. The molecule has 0 heterocycles. The number of hydrogen-bond acceptors (Lipinski definition) is 4. The lowest BCUT2D eigenvalue weighted by atomic mass is 10.1. The van der Waals surface area contributed by atoms with Crippen molar-refractivity contribution < 1.29 is 14.7 Å². The second-order valence-corrected chi connectivity index (χ2v) is 3.35. The molecule has 0 aliphatic carbocycles. The van der Waals surface area contributed by atoms with Gasteiger partial charge in [-0.15, -0.1) is 0 Å². The molecule has 84 valence electrons. The van der Waals surface area contributed by atoms with Crippen LogP contribution in [0, 0.1) is 17.2 Å². The quantitative estimate of drug-likeness (QED) is 0.401. The molecule has 0 aromatic heterocycles. The van der Waals surface area contributed by atoms with Crippen LogP contribution in [0.1, 0.15) is 13.8 Å². The standard InChI is InChI=1S/C9H15N3O3/c1-6(2)7(5-13)12-9(15)8(14)11-4-3-10/h6-7,13H,4-5H2,1-2H3,(H,11,14)(H,12,15)/t7-/m1/s1. The van der Waals surface area contributed by atoms with E-state index in [1.165, 1.54) is 0 Å². The summed E-state index contributed by atoms with van der Waals surface area (Å²) in [6.45, 7) is 3.19. The van der Waals surface area contributed by atoms with E-state index in [0.29, 0.717) is 0 Å². The molecule has 0 unspecified atom stereocenters. The van der Waals surface area contributed by atoms with Gasteiger partial charge < -0.3 is 15.7 Å². The first-order valence-electron chi connectivity index (χ1n) is 4.59. The molecule has 0 fully saturated rings. The van der Waals surface area contributed by atoms with Crippen LogP contribution in [0.15, 0.2) is 0 Å². The molecule has 3 N–H and O–H groups in total. The number of nitrogens with zero attached hydrogens (tertiary/aromatic N) is 1. The van der Waals surface area contributed by atoms with Gasteiger partial charge in [-0.25, -0.2) is 0 Å². The molecule has 0 aliphatic heterocycles. The van der Waals surface area contributed by atoms with Gasteiger partial charge in [0.2, 0.25) is 0 Å². The molecule has 2 amide bonds. The largest absolute Gasteiger partial charge is 0.394 e. The van der Waals surface area contributed by atoms with Crippen LogP contribution in [-0.2, 0) is 9.59 Å². The summed E-state index contributed by atoms with van der Waals surface area (Å²) in [5.41, 5.74) is 0. The van der Waals surface area contributed by atoms with Gasteiger partial charge >= 0.3 is 11.8 Å². The number of carbonyl (C=O) groups is 2. The zero-order chi connectivity index (χ0) is 11.8. The lowest BCUT2D eigenvalue weighted by Crippen LogP contribution is -2.48. The smallest absolute Gasteiger partial charge is 0.310 e. The molecule has 0 spiro atoms. The van der Waals surface area contributed by atoms with Crippen LogP contribution in [0.2, 0.25) is 0 Å². The van der Waals surface area contributed by atoms with Crippen LogP contribution in [0.4, 0.5) is 0 Å². The van der Waals surface area contributed by atoms with Gasteiger partial charge in [-0.05, 0) is 5.92 Å². The molecule has 15 heavy (non-hydrogen) atoms. The predicted molar refractivity (Wildman–Crippen MR) is 52.5 cm³/mol. The van der Waals surface area contributed by atoms with E-state index >= 15 is 0 Å². The Hall–Kier alpha value is -1.61. The van der Waals surface area contributed by atoms with Crippen molar-refractivity contribution in [2.24, 2.45) is 5.92 Å². The van der Waals surface area contributed by atoms with Crippen LogP contribution in [-0.4, -0.2) is 36.1 Å². The van der Waals surface area contributed by atoms with E-state index in [4.69, 9.17) is 10.4 Å². The molecule has 0 aliphatic rings. The zero-order valence-corrected chi connectivity index (χ0v) is 8.78. The average Bonchev–Trinajstić information content (AvgIpc) is 2.21. The van der Waals surface area contributed by atoms with Gasteiger partial charge in [-0.1, -0.05) is 13.8 Å². The number of rotatable bonds is 4. The minimum absolute atomic E-state index is 0.0303. The van der Waals surface area contributed by atoms with Crippen molar-refractivity contribution in [2.75, 3.05) is 13.2 Å². The second-order valence-electron chi connectivity index (χ2n) is 3.35. The Morgan fingerprint density at radius 3 is 2.40 bits per heavy atom. The van der Waals surface area contributed by atoms with Gasteiger partial charge in [0.15, 0.2) is 0 Å². The highest BCUT2D eigenvalue weighted by Gasteiger charge is 2.19. The molecule has 6 nitrogen and oxygen atoms in total. The molecular weight excluding hydrogens is 198 g/mol. The third-order valence-electron chi connectivity index (χ3n) is 1.85. The summed E-state index contributed by atoms with van der Waals surface area (Å²) in [6, 6.07) is 1.23. The highest BCUT2D eigenvalue weighted by atomic mass is 16.3. The molecule has 0 radical (unpaired) electrons. The third-order valence-corrected chi connectivity index (χ3v) is 1.85. The van der Waals surface area contributed by atoms with Crippen LogP contribution in [0.5, 0.6) is 0 Å². The lowest BCUT2D eigenvalue weighted by molar-refractivity contribution is -0.139. The number of carbonyl (C=O) groups excluding carboxylic acids is 2. The Morgan fingerprint density at radius 1 is 1.40 bits per heavy atom. The van der Waals surface area contributed by atoms with E-state index in [-0.39, 0.29) is 19.1 Å². The molecule has 0 aromatic carbocycles. The molecule has 0 saturated carbocycles. The van der Waals surface area contributed by atoms with E-state index in [9.17, 15) is 9.59 Å². The minimum atomic E-state index is -0.865. The highest BCUT2D eigenvalue weighted by molar-refractivity contribution is 6.35. The van der Waals surface area contributed by atoms with Gasteiger partial charge in [0.05, 0.1) is 18.7 Å². The van der Waals surface area contributed by atoms with Gasteiger partial charge in [0.25, 0.3) is 0 Å². The van der Waals surface area contributed by atoms with E-state index in [1.807, 2.05) is 13.8 Å². The van der Waals surface area contributed by atoms with Crippen LogP contribution in [0.3, 0.4) is 0 Å². The monoisotopic (exact) mass is 213 g/mol. The first-order chi connectivity index (χ1) is 7.02. The van der Waals surface area contributed by atoms with Gasteiger partial charge in [-0.3, -0.25) is 9.59 Å². The van der Waals surface area contributed by atoms with Crippen LogP contribution in [0.25, 0.3) is 0 Å². The van der Waals surface area contributed by atoms with Crippen LogP contribution >= 0.6 is 0 Å². The number of hydrogen-bond donors (Lipinski definition) is 3. The van der Waals surface area contributed by atoms with Crippen molar-refractivity contribution in [3.05, 3.63) is 0 Å². The van der Waals surface area contributed by atoms with Crippen molar-refractivity contribution in [3.8, 4) is 6.07 Å². The van der Waals surface area contributed by atoms with E-state index < -0.39 is 17.9 Å². The zero-order valence-electron chi connectivity index (χ0n) is 8.78. The summed E-state index contributed by atoms with van der Waals surface area (Å²) >= 11 is 0. The number of nitrogens with one attached hydrogen (secondary N) is 2. The Labute approximate surface area is 88.3 Å².